The van der Waals surface area contributed by atoms with Crippen molar-refractivity contribution in [1.29, 1.82) is 0 Å². The zero-order valence-electron chi connectivity index (χ0n) is 14.4. The van der Waals surface area contributed by atoms with Gasteiger partial charge in [-0.05, 0) is 52.2 Å². The van der Waals surface area contributed by atoms with Crippen LogP contribution in [0.3, 0.4) is 0 Å². The highest BCUT2D eigenvalue weighted by atomic mass is 79.9. The van der Waals surface area contributed by atoms with Crippen molar-refractivity contribution in [2.45, 2.75) is 24.5 Å². The van der Waals surface area contributed by atoms with Crippen LogP contribution in [-0.2, 0) is 5.54 Å². The van der Waals surface area contributed by atoms with Gasteiger partial charge in [0.1, 0.15) is 5.82 Å². The molecule has 1 saturated carbocycles. The summed E-state index contributed by atoms with van der Waals surface area (Å²) in [4.78, 5) is 17.4. The first-order chi connectivity index (χ1) is 13.0. The van der Waals surface area contributed by atoms with Crippen LogP contribution in [0, 0.1) is 11.7 Å². The molecule has 4 nitrogen and oxygen atoms in total. The average molecular weight is 449 g/mol. The minimum atomic E-state index is -0.653. The number of rotatable bonds is 2. The van der Waals surface area contributed by atoms with E-state index in [0.717, 1.165) is 11.3 Å². The minimum Gasteiger partial charge on any atom is -0.393 e. The van der Waals surface area contributed by atoms with E-state index in [1.54, 1.807) is 24.3 Å². The molecule has 2 N–H and O–H groups in total. The van der Waals surface area contributed by atoms with Gasteiger partial charge in [0.15, 0.2) is 5.17 Å². The summed E-state index contributed by atoms with van der Waals surface area (Å²) in [5.41, 5.74) is 0.761. The van der Waals surface area contributed by atoms with E-state index < -0.39 is 11.6 Å². The summed E-state index contributed by atoms with van der Waals surface area (Å²) in [6, 6.07) is 13.8. The number of amidine groups is 1. The highest BCUT2D eigenvalue weighted by Crippen LogP contribution is 2.51. The monoisotopic (exact) mass is 448 g/mol. The van der Waals surface area contributed by atoms with Crippen molar-refractivity contribution >= 4 is 38.8 Å². The Bertz CT molecular complexity index is 908. The second kappa shape index (κ2) is 7.37. The van der Waals surface area contributed by atoms with Crippen molar-refractivity contribution in [3.05, 3.63) is 69.9 Å². The quantitative estimate of drug-likeness (QED) is 0.727. The fraction of sp³-hybridized carbons (Fsp3) is 0.300. The molecule has 2 aliphatic rings. The zero-order chi connectivity index (χ0) is 19.0. The average Bonchev–Trinajstić information content (AvgIpc) is 3.01. The second-order valence-electron chi connectivity index (χ2n) is 6.89. The van der Waals surface area contributed by atoms with Gasteiger partial charge in [-0.1, -0.05) is 36.0 Å². The number of carbonyl (C=O) groups excluding carboxylic acids is 1. The highest BCUT2D eigenvalue weighted by Gasteiger charge is 2.50. The number of aliphatic imine (C=N–C) groups is 1. The normalized spacial score (nSPS) is 27.0. The van der Waals surface area contributed by atoms with E-state index in [1.165, 1.54) is 17.8 Å². The third-order valence-electron chi connectivity index (χ3n) is 5.18. The zero-order valence-corrected chi connectivity index (χ0v) is 16.8. The summed E-state index contributed by atoms with van der Waals surface area (Å²) < 4.78 is 14.1. The van der Waals surface area contributed by atoms with Crippen LogP contribution in [-0.4, -0.2) is 28.0 Å². The molecular formula is C20H18BrFN2O2S. The van der Waals surface area contributed by atoms with Gasteiger partial charge in [0.2, 0.25) is 0 Å². The predicted octanol–water partition coefficient (Wildman–Crippen LogP) is 4.09. The number of hydrogen-bond donors (Lipinski definition) is 2. The maximum Gasteiger partial charge on any atom is 0.257 e. The Labute approximate surface area is 169 Å². The summed E-state index contributed by atoms with van der Waals surface area (Å²) >= 11 is 4.73. The molecule has 1 amide bonds. The van der Waals surface area contributed by atoms with Gasteiger partial charge in [0.05, 0.1) is 16.1 Å². The molecule has 140 valence electrons. The first-order valence-electron chi connectivity index (χ1n) is 8.70. The van der Waals surface area contributed by atoms with E-state index in [0.29, 0.717) is 28.0 Å². The first kappa shape index (κ1) is 18.7. The topological polar surface area (TPSA) is 61.7 Å². The number of fused-ring (bicyclic) bond motifs is 1. The molecule has 2 aromatic carbocycles. The van der Waals surface area contributed by atoms with E-state index in [9.17, 15) is 14.3 Å². The number of amides is 1. The smallest absolute Gasteiger partial charge is 0.257 e. The van der Waals surface area contributed by atoms with E-state index in [1.807, 2.05) is 18.2 Å². The Morgan fingerprint density at radius 1 is 1.30 bits per heavy atom. The van der Waals surface area contributed by atoms with Gasteiger partial charge in [-0.3, -0.25) is 9.79 Å². The Balaban J connectivity index is 1.69. The molecule has 0 spiro atoms. The molecule has 3 atom stereocenters. The molecule has 0 unspecified atom stereocenters. The van der Waals surface area contributed by atoms with Crippen molar-refractivity contribution in [2.75, 3.05) is 5.75 Å². The van der Waals surface area contributed by atoms with Gasteiger partial charge >= 0.3 is 0 Å². The second-order valence-corrected chi connectivity index (χ2v) is 8.75. The Morgan fingerprint density at radius 3 is 2.81 bits per heavy atom. The third kappa shape index (κ3) is 3.56. The summed E-state index contributed by atoms with van der Waals surface area (Å²) in [7, 11) is 0. The van der Waals surface area contributed by atoms with Crippen molar-refractivity contribution < 1.29 is 14.3 Å². The Hall–Kier alpha value is -1.70. The van der Waals surface area contributed by atoms with Gasteiger partial charge < -0.3 is 10.4 Å². The molecular weight excluding hydrogens is 431 g/mol. The number of hydrogen-bond acceptors (Lipinski definition) is 4. The van der Waals surface area contributed by atoms with Crippen LogP contribution in [0.1, 0.15) is 28.8 Å². The number of aliphatic hydroxyl groups excluding tert-OH is 1. The van der Waals surface area contributed by atoms with Crippen molar-refractivity contribution in [3.8, 4) is 0 Å². The lowest BCUT2D eigenvalue weighted by atomic mass is 9.81. The minimum absolute atomic E-state index is 0.132. The SMILES string of the molecule is O=C(NC1=N[C@@]2(c3ccc(F)c(Br)c3)C[C@H](O)C[C@H]2CS1)c1ccccc1. The molecule has 7 heteroatoms. The summed E-state index contributed by atoms with van der Waals surface area (Å²) in [5.74, 6) is 0.318. The molecule has 1 heterocycles. The van der Waals surface area contributed by atoms with Gasteiger partial charge in [0, 0.05) is 23.7 Å². The Kier molecular flexibility index (Phi) is 5.09. The maximum atomic E-state index is 13.7. The molecule has 4 rings (SSSR count). The van der Waals surface area contributed by atoms with Crippen LogP contribution in [0.4, 0.5) is 4.39 Å². The van der Waals surface area contributed by atoms with Crippen molar-refractivity contribution in [1.82, 2.24) is 5.32 Å². The van der Waals surface area contributed by atoms with E-state index in [4.69, 9.17) is 4.99 Å². The van der Waals surface area contributed by atoms with Crippen molar-refractivity contribution in [3.63, 3.8) is 0 Å². The maximum absolute atomic E-state index is 13.7. The summed E-state index contributed by atoms with van der Waals surface area (Å²) in [6.45, 7) is 0. The van der Waals surface area contributed by atoms with Crippen LogP contribution in [0.15, 0.2) is 58.0 Å². The number of nitrogens with zero attached hydrogens (tertiary/aromatic N) is 1. The lowest BCUT2D eigenvalue weighted by Gasteiger charge is -2.36. The van der Waals surface area contributed by atoms with E-state index in [-0.39, 0.29) is 17.6 Å². The molecule has 1 aliphatic heterocycles. The number of aliphatic hydroxyl groups is 1. The standard InChI is InChI=1S/C20H18BrFN2O2S/c21-16-9-13(6-7-17(16)22)20-10-15(25)8-14(20)11-27-19(24-20)23-18(26)12-4-2-1-3-5-12/h1-7,9,14-15,25H,8,10-11H2,(H,23,24,26)/t14-,15+,20+/m0/s1. The highest BCUT2D eigenvalue weighted by molar-refractivity contribution is 9.10. The van der Waals surface area contributed by atoms with Crippen LogP contribution in [0.25, 0.3) is 0 Å². The van der Waals surface area contributed by atoms with E-state index >= 15 is 0 Å². The van der Waals surface area contributed by atoms with Gasteiger partial charge in [-0.2, -0.15) is 0 Å². The molecule has 0 radical (unpaired) electrons. The lowest BCUT2D eigenvalue weighted by molar-refractivity contribution is 0.0977. The van der Waals surface area contributed by atoms with Gasteiger partial charge in [-0.15, -0.1) is 0 Å². The third-order valence-corrected chi connectivity index (χ3v) is 6.82. The number of benzene rings is 2. The molecule has 0 aromatic heterocycles. The van der Waals surface area contributed by atoms with E-state index in [2.05, 4.69) is 21.2 Å². The lowest BCUT2D eigenvalue weighted by Crippen LogP contribution is -2.40. The fourth-order valence-corrected chi connectivity index (χ4v) is 5.42. The molecule has 0 bridgehead atoms. The van der Waals surface area contributed by atoms with Crippen LogP contribution >= 0.6 is 27.7 Å². The van der Waals surface area contributed by atoms with Crippen LogP contribution in [0.2, 0.25) is 0 Å². The molecule has 27 heavy (non-hydrogen) atoms. The first-order valence-corrected chi connectivity index (χ1v) is 10.5. The number of halogens is 2. The predicted molar refractivity (Wildman–Crippen MR) is 108 cm³/mol. The van der Waals surface area contributed by atoms with Crippen molar-refractivity contribution in [2.24, 2.45) is 10.9 Å². The van der Waals surface area contributed by atoms with Crippen LogP contribution in [0.5, 0.6) is 0 Å². The molecule has 2 aromatic rings. The summed E-state index contributed by atoms with van der Waals surface area (Å²) in [5, 5.41) is 13.7. The fourth-order valence-electron chi connectivity index (χ4n) is 3.87. The molecule has 0 saturated heterocycles. The number of carbonyl (C=O) groups is 1. The molecule has 1 fully saturated rings. The molecule has 1 aliphatic carbocycles. The number of nitrogens with one attached hydrogen (secondary N) is 1. The van der Waals surface area contributed by atoms with Crippen LogP contribution < -0.4 is 5.32 Å². The van der Waals surface area contributed by atoms with Gasteiger partial charge in [-0.25, -0.2) is 4.39 Å². The largest absolute Gasteiger partial charge is 0.393 e. The summed E-state index contributed by atoms with van der Waals surface area (Å²) in [6.07, 6.45) is 0.638. The Morgan fingerprint density at radius 2 is 2.07 bits per heavy atom. The number of thioether (sulfide) groups is 1. The van der Waals surface area contributed by atoms with Gasteiger partial charge in [0.25, 0.3) is 5.91 Å².